The van der Waals surface area contributed by atoms with Crippen LogP contribution in [0.4, 0.5) is 5.69 Å². The number of nitro benzene ring substituents is 1. The monoisotopic (exact) mass is 343 g/mol. The predicted molar refractivity (Wildman–Crippen MR) is 83.4 cm³/mol. The van der Waals surface area contributed by atoms with Crippen LogP contribution >= 0.6 is 15.9 Å². The molecule has 0 spiro atoms. The molecule has 1 heterocycles. The summed E-state index contributed by atoms with van der Waals surface area (Å²) < 4.78 is 2.18. The van der Waals surface area contributed by atoms with E-state index in [-0.39, 0.29) is 5.69 Å². The molecule has 0 N–H and O–H groups in total. The van der Waals surface area contributed by atoms with Crippen molar-refractivity contribution < 1.29 is 4.92 Å². The lowest BCUT2D eigenvalue weighted by Crippen LogP contribution is -2.00. The second kappa shape index (κ2) is 5.49. The van der Waals surface area contributed by atoms with E-state index in [2.05, 4.69) is 21.0 Å². The molecule has 1 aromatic heterocycles. The maximum absolute atomic E-state index is 11.2. The van der Waals surface area contributed by atoms with Gasteiger partial charge in [0.15, 0.2) is 0 Å². The van der Waals surface area contributed by atoms with Crippen LogP contribution in [0.1, 0.15) is 0 Å². The normalized spacial score (nSPS) is 10.5. The second-order valence-electron chi connectivity index (χ2n) is 4.43. The number of benzene rings is 2. The van der Waals surface area contributed by atoms with E-state index in [1.807, 2.05) is 30.3 Å². The molecule has 5 nitrogen and oxygen atoms in total. The molecule has 0 aliphatic heterocycles. The molecule has 6 heteroatoms. The minimum atomic E-state index is -0.413. The summed E-state index contributed by atoms with van der Waals surface area (Å²) in [5, 5.41) is 15.4. The van der Waals surface area contributed by atoms with Crippen molar-refractivity contribution in [2.24, 2.45) is 0 Å². The fourth-order valence-electron chi connectivity index (χ4n) is 2.07. The van der Waals surface area contributed by atoms with Gasteiger partial charge in [0.1, 0.15) is 5.69 Å². The smallest absolute Gasteiger partial charge is 0.258 e. The summed E-state index contributed by atoms with van der Waals surface area (Å²) >= 11 is 3.24. The molecule has 0 atom stereocenters. The number of halogens is 1. The summed E-state index contributed by atoms with van der Waals surface area (Å²) in [6, 6.07) is 14.7. The zero-order valence-corrected chi connectivity index (χ0v) is 12.4. The molecule has 0 aliphatic carbocycles. The largest absolute Gasteiger partial charge is 0.295 e. The molecule has 0 unspecified atom stereocenters. The SMILES string of the molecule is O=[N+]([O-])c1cc(Br)ccc1-n1cc(-c2ccccc2)cn1. The van der Waals surface area contributed by atoms with E-state index in [9.17, 15) is 10.1 Å². The van der Waals surface area contributed by atoms with E-state index in [1.54, 1.807) is 24.5 Å². The lowest BCUT2D eigenvalue weighted by molar-refractivity contribution is -0.384. The number of nitrogens with zero attached hydrogens (tertiary/aromatic N) is 3. The topological polar surface area (TPSA) is 61.0 Å². The zero-order chi connectivity index (χ0) is 14.8. The van der Waals surface area contributed by atoms with Crippen molar-refractivity contribution in [3.8, 4) is 16.8 Å². The molecule has 21 heavy (non-hydrogen) atoms. The second-order valence-corrected chi connectivity index (χ2v) is 5.35. The Balaban J connectivity index is 2.07. The minimum absolute atomic E-state index is 0.00656. The lowest BCUT2D eigenvalue weighted by Gasteiger charge is -2.03. The third kappa shape index (κ3) is 2.71. The standard InChI is InChI=1S/C15H10BrN3O2/c16-13-6-7-14(15(8-13)19(20)21)18-10-12(9-17-18)11-4-2-1-3-5-11/h1-10H. The van der Waals surface area contributed by atoms with E-state index in [0.717, 1.165) is 11.1 Å². The van der Waals surface area contributed by atoms with Gasteiger partial charge in [-0.25, -0.2) is 4.68 Å². The molecule has 2 aromatic carbocycles. The highest BCUT2D eigenvalue weighted by Gasteiger charge is 2.16. The Bertz CT molecular complexity index is 800. The average molecular weight is 344 g/mol. The maximum Gasteiger partial charge on any atom is 0.295 e. The van der Waals surface area contributed by atoms with Crippen molar-refractivity contribution in [1.29, 1.82) is 0 Å². The Morgan fingerprint density at radius 1 is 1.10 bits per heavy atom. The Hall–Kier alpha value is -2.47. The van der Waals surface area contributed by atoms with Crippen LogP contribution in [0.2, 0.25) is 0 Å². The van der Waals surface area contributed by atoms with Crippen molar-refractivity contribution in [3.63, 3.8) is 0 Å². The van der Waals surface area contributed by atoms with Gasteiger partial charge in [0.05, 0.1) is 11.1 Å². The van der Waals surface area contributed by atoms with E-state index in [0.29, 0.717) is 10.2 Å². The number of hydrogen-bond donors (Lipinski definition) is 0. The third-order valence-corrected chi connectivity index (χ3v) is 3.56. The first-order valence-corrected chi connectivity index (χ1v) is 6.99. The summed E-state index contributed by atoms with van der Waals surface area (Å²) in [6.07, 6.45) is 3.48. The van der Waals surface area contributed by atoms with Crippen molar-refractivity contribution in [3.05, 3.63) is 75.5 Å². The Labute approximate surface area is 129 Å². The fraction of sp³-hybridized carbons (Fsp3) is 0. The number of rotatable bonds is 3. The molecular weight excluding hydrogens is 334 g/mol. The van der Waals surface area contributed by atoms with Crippen LogP contribution < -0.4 is 0 Å². The van der Waals surface area contributed by atoms with Crippen LogP contribution in [-0.4, -0.2) is 14.7 Å². The number of hydrogen-bond acceptors (Lipinski definition) is 3. The van der Waals surface area contributed by atoms with Gasteiger partial charge in [0.25, 0.3) is 5.69 Å². The quantitative estimate of drug-likeness (QED) is 0.528. The first-order valence-electron chi connectivity index (χ1n) is 6.19. The highest BCUT2D eigenvalue weighted by molar-refractivity contribution is 9.10. The molecule has 0 fully saturated rings. The van der Waals surface area contributed by atoms with Gasteiger partial charge in [-0.3, -0.25) is 10.1 Å². The van der Waals surface area contributed by atoms with Gasteiger partial charge in [-0.2, -0.15) is 5.10 Å². The highest BCUT2D eigenvalue weighted by atomic mass is 79.9. The van der Waals surface area contributed by atoms with Gasteiger partial charge in [0.2, 0.25) is 0 Å². The molecule has 0 aliphatic rings. The summed E-state index contributed by atoms with van der Waals surface area (Å²) in [6.45, 7) is 0. The molecule has 0 saturated heterocycles. The lowest BCUT2D eigenvalue weighted by atomic mass is 10.1. The summed E-state index contributed by atoms with van der Waals surface area (Å²) in [7, 11) is 0. The van der Waals surface area contributed by atoms with E-state index < -0.39 is 4.92 Å². The van der Waals surface area contributed by atoms with Gasteiger partial charge < -0.3 is 0 Å². The van der Waals surface area contributed by atoms with E-state index in [4.69, 9.17) is 0 Å². The summed E-state index contributed by atoms with van der Waals surface area (Å²) in [5.41, 5.74) is 2.37. The fourth-order valence-corrected chi connectivity index (χ4v) is 2.42. The Kier molecular flexibility index (Phi) is 3.53. The molecule has 0 bridgehead atoms. The van der Waals surface area contributed by atoms with Gasteiger partial charge in [-0.05, 0) is 17.7 Å². The van der Waals surface area contributed by atoms with Gasteiger partial charge in [0, 0.05) is 22.3 Å². The zero-order valence-electron chi connectivity index (χ0n) is 10.8. The highest BCUT2D eigenvalue weighted by Crippen LogP contribution is 2.28. The summed E-state index contributed by atoms with van der Waals surface area (Å²) in [5.74, 6) is 0. The minimum Gasteiger partial charge on any atom is -0.258 e. The number of nitro groups is 1. The molecule has 104 valence electrons. The van der Waals surface area contributed by atoms with Crippen molar-refractivity contribution in [2.75, 3.05) is 0 Å². The molecule has 3 aromatic rings. The van der Waals surface area contributed by atoms with Crippen molar-refractivity contribution in [2.45, 2.75) is 0 Å². The Morgan fingerprint density at radius 3 is 2.57 bits per heavy atom. The molecular formula is C15H10BrN3O2. The van der Waals surface area contributed by atoms with Gasteiger partial charge in [-0.1, -0.05) is 46.3 Å². The molecule has 3 rings (SSSR count). The molecule has 0 radical (unpaired) electrons. The van der Waals surface area contributed by atoms with E-state index >= 15 is 0 Å². The van der Waals surface area contributed by atoms with Crippen LogP contribution in [-0.2, 0) is 0 Å². The van der Waals surface area contributed by atoms with Crippen LogP contribution in [0.5, 0.6) is 0 Å². The molecule has 0 saturated carbocycles. The van der Waals surface area contributed by atoms with Gasteiger partial charge in [-0.15, -0.1) is 0 Å². The first-order chi connectivity index (χ1) is 10.1. The third-order valence-electron chi connectivity index (χ3n) is 3.07. The molecule has 0 amide bonds. The van der Waals surface area contributed by atoms with Crippen molar-refractivity contribution >= 4 is 21.6 Å². The predicted octanol–water partition coefficient (Wildman–Crippen LogP) is 4.21. The van der Waals surface area contributed by atoms with Gasteiger partial charge >= 0.3 is 0 Å². The van der Waals surface area contributed by atoms with Crippen LogP contribution in [0, 0.1) is 10.1 Å². The van der Waals surface area contributed by atoms with Crippen molar-refractivity contribution in [1.82, 2.24) is 9.78 Å². The van der Waals surface area contributed by atoms with Crippen LogP contribution in [0.3, 0.4) is 0 Å². The first kappa shape index (κ1) is 13.5. The Morgan fingerprint density at radius 2 is 1.86 bits per heavy atom. The number of aromatic nitrogens is 2. The van der Waals surface area contributed by atoms with Crippen LogP contribution in [0.25, 0.3) is 16.8 Å². The van der Waals surface area contributed by atoms with E-state index in [1.165, 1.54) is 10.7 Å². The maximum atomic E-state index is 11.2. The average Bonchev–Trinajstić information content (AvgIpc) is 2.97. The van der Waals surface area contributed by atoms with Crippen LogP contribution in [0.15, 0.2) is 65.4 Å². The summed E-state index contributed by atoms with van der Waals surface area (Å²) in [4.78, 5) is 10.8.